The molecule has 43 heavy (non-hydrogen) atoms. The number of amides is 4. The monoisotopic (exact) mass is 608 g/mol. The minimum Gasteiger partial charge on any atom is -0.356 e. The molecule has 3 aromatic carbocycles. The lowest BCUT2D eigenvalue weighted by Gasteiger charge is -2.13. The molecule has 0 aliphatic rings. The van der Waals surface area contributed by atoms with Crippen LogP contribution in [0.5, 0.6) is 0 Å². The van der Waals surface area contributed by atoms with E-state index in [4.69, 9.17) is 0 Å². The van der Waals surface area contributed by atoms with E-state index < -0.39 is 0 Å². The predicted octanol–water partition coefficient (Wildman–Crippen LogP) is 6.19. The molecule has 0 radical (unpaired) electrons. The fourth-order valence-corrected chi connectivity index (χ4v) is 3.70. The first-order valence-corrected chi connectivity index (χ1v) is 14.0. The first-order valence-electron chi connectivity index (χ1n) is 14.0. The van der Waals surface area contributed by atoms with Gasteiger partial charge >= 0.3 is 12.1 Å². The molecule has 0 fully saturated rings. The second-order valence-corrected chi connectivity index (χ2v) is 8.85. The molecule has 0 aromatic heterocycles. The molecule has 0 unspecified atom stereocenters. The molecule has 0 atom stereocenters. The van der Waals surface area contributed by atoms with E-state index >= 15 is 0 Å². The Morgan fingerprint density at radius 1 is 0.465 bits per heavy atom. The second-order valence-electron chi connectivity index (χ2n) is 8.85. The van der Waals surface area contributed by atoms with Gasteiger partial charge in [-0.05, 0) is 100 Å². The highest BCUT2D eigenvalue weighted by Gasteiger charge is 2.07. The normalized spacial score (nSPS) is 11.0. The number of guanidine groups is 2. The summed E-state index contributed by atoms with van der Waals surface area (Å²) in [5.74, 6) is 1.40. The highest BCUT2D eigenvalue weighted by molar-refractivity contribution is 6.02. The first-order chi connectivity index (χ1) is 20.4. The molecular weight excluding hydrogens is 568 g/mol. The molecule has 0 aliphatic heterocycles. The molecule has 0 aliphatic carbocycles. The zero-order chi connectivity index (χ0) is 30.2. The molecular formula is C30H41ClN10O2. The van der Waals surface area contributed by atoms with Crippen LogP contribution >= 0.6 is 12.4 Å². The van der Waals surface area contributed by atoms with Crippen LogP contribution in [0.15, 0.2) is 82.8 Å². The van der Waals surface area contributed by atoms with E-state index in [-0.39, 0.29) is 24.5 Å². The van der Waals surface area contributed by atoms with Crippen molar-refractivity contribution < 1.29 is 9.59 Å². The zero-order valence-corrected chi connectivity index (χ0v) is 25.7. The van der Waals surface area contributed by atoms with E-state index in [9.17, 15) is 9.59 Å². The third-order valence-corrected chi connectivity index (χ3v) is 5.53. The number of hydrogen-bond donors (Lipinski definition) is 8. The number of nitrogens with one attached hydrogen (secondary N) is 8. The highest BCUT2D eigenvalue weighted by atomic mass is 35.5. The van der Waals surface area contributed by atoms with Gasteiger partial charge < -0.3 is 42.5 Å². The highest BCUT2D eigenvalue weighted by Crippen LogP contribution is 2.18. The van der Waals surface area contributed by atoms with Gasteiger partial charge in [0.05, 0.1) is 0 Å². The Bertz CT molecular complexity index is 1240. The third-order valence-electron chi connectivity index (χ3n) is 5.53. The van der Waals surface area contributed by atoms with Crippen molar-refractivity contribution in [3.05, 3.63) is 72.8 Å². The maximum atomic E-state index is 12.5. The van der Waals surface area contributed by atoms with Crippen molar-refractivity contribution in [1.82, 2.24) is 10.6 Å². The van der Waals surface area contributed by atoms with Crippen molar-refractivity contribution in [2.45, 2.75) is 27.7 Å². The topological polar surface area (TPSA) is 155 Å². The van der Waals surface area contributed by atoms with E-state index in [0.29, 0.717) is 47.8 Å². The summed E-state index contributed by atoms with van der Waals surface area (Å²) in [6, 6.07) is 20.7. The van der Waals surface area contributed by atoms with E-state index in [1.165, 1.54) is 0 Å². The maximum Gasteiger partial charge on any atom is 0.323 e. The minimum atomic E-state index is -0.383. The number of carbonyl (C=O) groups excluding carboxylic acids is 2. The Labute approximate surface area is 259 Å². The SMILES string of the molecule is CCN=C(NCC)Nc1ccc(NC(=O)Nc2ccc(NC(=O)Nc3ccc(NC(=NCC)NCC)cc3)cc2)cc1.Cl. The van der Waals surface area contributed by atoms with Crippen molar-refractivity contribution in [3.8, 4) is 0 Å². The van der Waals surface area contributed by atoms with Crippen molar-refractivity contribution in [2.24, 2.45) is 9.98 Å². The van der Waals surface area contributed by atoms with Gasteiger partial charge in [0.2, 0.25) is 0 Å². The molecule has 0 spiro atoms. The molecule has 0 bridgehead atoms. The van der Waals surface area contributed by atoms with E-state index in [1.54, 1.807) is 48.5 Å². The van der Waals surface area contributed by atoms with Gasteiger partial charge in [-0.2, -0.15) is 0 Å². The number of halogens is 1. The van der Waals surface area contributed by atoms with Gasteiger partial charge in [0.25, 0.3) is 0 Å². The number of urea groups is 2. The molecule has 13 heteroatoms. The molecule has 230 valence electrons. The van der Waals surface area contributed by atoms with Gasteiger partial charge in [0, 0.05) is 60.3 Å². The summed E-state index contributed by atoms with van der Waals surface area (Å²) in [5.41, 5.74) is 4.14. The van der Waals surface area contributed by atoms with Crippen LogP contribution in [-0.2, 0) is 0 Å². The molecule has 3 rings (SSSR count). The Balaban J connectivity index is 0.00000645. The summed E-state index contributed by atoms with van der Waals surface area (Å²) >= 11 is 0. The lowest BCUT2D eigenvalue weighted by molar-refractivity contribution is 0.261. The van der Waals surface area contributed by atoms with E-state index in [1.807, 2.05) is 52.0 Å². The summed E-state index contributed by atoms with van der Waals surface area (Å²) < 4.78 is 0. The van der Waals surface area contributed by atoms with Crippen LogP contribution in [0, 0.1) is 0 Å². The van der Waals surface area contributed by atoms with Crippen molar-refractivity contribution >= 4 is 70.5 Å². The van der Waals surface area contributed by atoms with Gasteiger partial charge in [0.1, 0.15) is 0 Å². The van der Waals surface area contributed by atoms with Crippen LogP contribution in [0.3, 0.4) is 0 Å². The largest absolute Gasteiger partial charge is 0.356 e. The molecule has 0 heterocycles. The van der Waals surface area contributed by atoms with Gasteiger partial charge in [-0.25, -0.2) is 9.59 Å². The number of hydrogen-bond acceptors (Lipinski definition) is 4. The number of benzene rings is 3. The zero-order valence-electron chi connectivity index (χ0n) is 24.9. The third kappa shape index (κ3) is 12.2. The fourth-order valence-electron chi connectivity index (χ4n) is 3.70. The number of aliphatic imine (C=N–C) groups is 2. The summed E-state index contributed by atoms with van der Waals surface area (Å²) in [6.07, 6.45) is 0. The maximum absolute atomic E-state index is 12.5. The van der Waals surface area contributed by atoms with Gasteiger partial charge in [0.15, 0.2) is 11.9 Å². The minimum absolute atomic E-state index is 0. The van der Waals surface area contributed by atoms with Gasteiger partial charge in [-0.3, -0.25) is 9.98 Å². The Morgan fingerprint density at radius 2 is 0.698 bits per heavy atom. The van der Waals surface area contributed by atoms with Crippen LogP contribution in [0.4, 0.5) is 43.7 Å². The van der Waals surface area contributed by atoms with Crippen LogP contribution in [-0.4, -0.2) is 50.2 Å². The van der Waals surface area contributed by atoms with Crippen molar-refractivity contribution in [1.29, 1.82) is 0 Å². The smallest absolute Gasteiger partial charge is 0.323 e. The van der Waals surface area contributed by atoms with E-state index in [0.717, 1.165) is 24.5 Å². The van der Waals surface area contributed by atoms with Crippen LogP contribution in [0.1, 0.15) is 27.7 Å². The molecule has 4 amide bonds. The molecule has 0 saturated heterocycles. The predicted molar refractivity (Wildman–Crippen MR) is 182 cm³/mol. The average Bonchev–Trinajstić information content (AvgIpc) is 2.97. The lowest BCUT2D eigenvalue weighted by Crippen LogP contribution is -2.30. The van der Waals surface area contributed by atoms with Crippen LogP contribution in [0.25, 0.3) is 0 Å². The molecule has 12 nitrogen and oxygen atoms in total. The Kier molecular flexibility index (Phi) is 14.7. The fraction of sp³-hybridized carbons (Fsp3) is 0.267. The quantitative estimate of drug-likeness (QED) is 0.101. The van der Waals surface area contributed by atoms with Crippen LogP contribution in [0.2, 0.25) is 0 Å². The Morgan fingerprint density at radius 3 is 0.907 bits per heavy atom. The van der Waals surface area contributed by atoms with Crippen molar-refractivity contribution in [3.63, 3.8) is 0 Å². The number of nitrogens with zero attached hydrogens (tertiary/aromatic N) is 2. The summed E-state index contributed by atoms with van der Waals surface area (Å²) in [5, 5.41) is 23.9. The van der Waals surface area contributed by atoms with Gasteiger partial charge in [-0.1, -0.05) is 0 Å². The van der Waals surface area contributed by atoms with Gasteiger partial charge in [-0.15, -0.1) is 12.4 Å². The number of carbonyl (C=O) groups is 2. The molecule has 0 saturated carbocycles. The standard InChI is InChI=1S/C30H40N10O2.ClH/c1-5-31-27(32-6-2)35-21-9-13-23(14-10-21)37-29(41)39-25-17-19-26(20-18-25)40-30(42)38-24-15-11-22(12-16-24)36-28(33-7-3)34-8-4;/h9-20H,5-8H2,1-4H3,(H2,31,32,35)(H2,33,34,36)(H2,37,39,41)(H2,38,40,42);1H. The Hall–Kier alpha value is -4.97. The average molecular weight is 609 g/mol. The molecule has 3 aromatic rings. The first kappa shape index (κ1) is 34.2. The summed E-state index contributed by atoms with van der Waals surface area (Å²) in [7, 11) is 0. The summed E-state index contributed by atoms with van der Waals surface area (Å²) in [4.78, 5) is 33.7. The van der Waals surface area contributed by atoms with Crippen LogP contribution < -0.4 is 42.5 Å². The second kappa shape index (κ2) is 18.5. The molecule has 8 N–H and O–H groups in total. The number of anilines is 6. The lowest BCUT2D eigenvalue weighted by atomic mass is 10.2. The summed E-state index contributed by atoms with van der Waals surface area (Å²) in [6.45, 7) is 10.8. The number of rotatable bonds is 10. The van der Waals surface area contributed by atoms with Crippen molar-refractivity contribution in [2.75, 3.05) is 58.1 Å². The van der Waals surface area contributed by atoms with E-state index in [2.05, 4.69) is 52.5 Å².